The van der Waals surface area contributed by atoms with Crippen LogP contribution in [-0.2, 0) is 0 Å². The van der Waals surface area contributed by atoms with Gasteiger partial charge in [0.05, 0.1) is 0 Å². The standard InChI is InChI=1S/C9H21N2/c1-8(2,3)10-11(7)9(4,5)6/h1-7H3/q+1. The van der Waals surface area contributed by atoms with E-state index in [-0.39, 0.29) is 11.1 Å². The van der Waals surface area contributed by atoms with Gasteiger partial charge in [0.1, 0.15) is 5.54 Å². The molecule has 0 heterocycles. The zero-order valence-corrected chi connectivity index (χ0v) is 8.89. The fourth-order valence-corrected chi connectivity index (χ4v) is 0.600. The molecule has 66 valence electrons. The zero-order valence-electron chi connectivity index (χ0n) is 8.89. The Morgan fingerprint density at radius 3 is 1.36 bits per heavy atom. The topological polar surface area (TPSA) is 15.4 Å². The van der Waals surface area contributed by atoms with Crippen molar-refractivity contribution < 1.29 is 4.70 Å². The highest BCUT2D eigenvalue weighted by Crippen LogP contribution is 2.12. The molecule has 0 spiro atoms. The van der Waals surface area contributed by atoms with E-state index in [2.05, 4.69) is 46.7 Å². The summed E-state index contributed by atoms with van der Waals surface area (Å²) in [5, 5.41) is 4.51. The molecule has 0 fully saturated rings. The largest absolute Gasteiger partial charge is 0.179 e. The van der Waals surface area contributed by atoms with Gasteiger partial charge in [0.15, 0.2) is 12.6 Å². The van der Waals surface area contributed by atoms with Crippen molar-refractivity contribution in [3.05, 3.63) is 0 Å². The van der Waals surface area contributed by atoms with Crippen molar-refractivity contribution in [3.63, 3.8) is 0 Å². The number of hydrogen-bond donors (Lipinski definition) is 0. The van der Waals surface area contributed by atoms with E-state index in [1.54, 1.807) is 0 Å². The Kier molecular flexibility index (Phi) is 2.81. The van der Waals surface area contributed by atoms with Gasteiger partial charge in [-0.2, -0.15) is 0 Å². The lowest BCUT2D eigenvalue weighted by molar-refractivity contribution is -0.637. The lowest BCUT2D eigenvalue weighted by Gasteiger charge is -2.15. The third-order valence-electron chi connectivity index (χ3n) is 1.42. The van der Waals surface area contributed by atoms with Crippen molar-refractivity contribution in [2.75, 3.05) is 7.05 Å². The van der Waals surface area contributed by atoms with Gasteiger partial charge < -0.3 is 0 Å². The van der Waals surface area contributed by atoms with Crippen LogP contribution in [0, 0.1) is 0 Å². The molecular formula is C9H21N2+. The highest BCUT2D eigenvalue weighted by molar-refractivity contribution is 4.65. The van der Waals surface area contributed by atoms with Crippen LogP contribution in [0.2, 0.25) is 0 Å². The number of nitrogens with zero attached hydrogens (tertiary/aromatic N) is 2. The Bertz CT molecular complexity index is 155. The van der Waals surface area contributed by atoms with Crippen LogP contribution in [-0.4, -0.2) is 22.8 Å². The summed E-state index contributed by atoms with van der Waals surface area (Å²) in [5.41, 5.74) is 0.162. The maximum Gasteiger partial charge on any atom is 0.179 e. The normalized spacial score (nSPS) is 15.4. The molecule has 0 aliphatic heterocycles. The van der Waals surface area contributed by atoms with Crippen LogP contribution in [0.5, 0.6) is 0 Å². The maximum absolute atomic E-state index is 4.51. The van der Waals surface area contributed by atoms with Gasteiger partial charge in [-0.05, 0) is 25.9 Å². The molecule has 0 aliphatic carbocycles. The molecule has 0 unspecified atom stereocenters. The summed E-state index contributed by atoms with van der Waals surface area (Å²) in [4.78, 5) is 0. The highest BCUT2D eigenvalue weighted by atomic mass is 15.3. The average molecular weight is 157 g/mol. The average Bonchev–Trinajstić information content (AvgIpc) is 1.56. The van der Waals surface area contributed by atoms with Crippen LogP contribution in [0.1, 0.15) is 41.5 Å². The molecule has 0 saturated heterocycles. The first-order valence-electron chi connectivity index (χ1n) is 4.09. The molecular weight excluding hydrogens is 136 g/mol. The van der Waals surface area contributed by atoms with E-state index in [1.807, 2.05) is 11.7 Å². The SMILES string of the molecule is C[N+](=NC(C)(C)C)C(C)(C)C. The lowest BCUT2D eigenvalue weighted by Crippen LogP contribution is -2.31. The minimum atomic E-state index is 0.0298. The van der Waals surface area contributed by atoms with Gasteiger partial charge in [0.2, 0.25) is 0 Å². The quantitative estimate of drug-likeness (QED) is 0.379. The summed E-state index contributed by atoms with van der Waals surface area (Å²) >= 11 is 0. The van der Waals surface area contributed by atoms with Crippen LogP contribution in [0.4, 0.5) is 0 Å². The Hall–Kier alpha value is -0.400. The number of rotatable bonds is 0. The fraction of sp³-hybridized carbons (Fsp3) is 1.00. The van der Waals surface area contributed by atoms with E-state index in [9.17, 15) is 0 Å². The van der Waals surface area contributed by atoms with E-state index < -0.39 is 0 Å². The van der Waals surface area contributed by atoms with Gasteiger partial charge >= 0.3 is 0 Å². The van der Waals surface area contributed by atoms with Crippen molar-refractivity contribution in [1.29, 1.82) is 0 Å². The molecule has 0 radical (unpaired) electrons. The Morgan fingerprint density at radius 1 is 0.909 bits per heavy atom. The third-order valence-corrected chi connectivity index (χ3v) is 1.42. The van der Waals surface area contributed by atoms with Crippen LogP contribution in [0.3, 0.4) is 0 Å². The molecule has 0 bridgehead atoms. The van der Waals surface area contributed by atoms with Crippen molar-refractivity contribution in [2.24, 2.45) is 5.11 Å². The zero-order chi connectivity index (χ0) is 9.28. The van der Waals surface area contributed by atoms with Gasteiger partial charge in [-0.1, -0.05) is 0 Å². The second-order valence-electron chi connectivity index (χ2n) is 4.97. The first-order valence-corrected chi connectivity index (χ1v) is 4.09. The van der Waals surface area contributed by atoms with Crippen molar-refractivity contribution in [3.8, 4) is 0 Å². The summed E-state index contributed by atoms with van der Waals surface area (Å²) in [5.74, 6) is 0. The summed E-state index contributed by atoms with van der Waals surface area (Å²) < 4.78 is 2.02. The fourth-order valence-electron chi connectivity index (χ4n) is 0.600. The van der Waals surface area contributed by atoms with Gasteiger partial charge in [0.25, 0.3) is 0 Å². The molecule has 0 saturated carbocycles. The van der Waals surface area contributed by atoms with E-state index in [0.717, 1.165) is 0 Å². The monoisotopic (exact) mass is 157 g/mol. The van der Waals surface area contributed by atoms with Crippen LogP contribution in [0.25, 0.3) is 0 Å². The van der Waals surface area contributed by atoms with Crippen LogP contribution in [0.15, 0.2) is 5.11 Å². The lowest BCUT2D eigenvalue weighted by atomic mass is 10.1. The van der Waals surface area contributed by atoms with E-state index >= 15 is 0 Å². The number of azo groups is 2. The smallest absolute Gasteiger partial charge is 0.125 e. The minimum Gasteiger partial charge on any atom is -0.125 e. The molecule has 0 aromatic carbocycles. The first kappa shape index (κ1) is 10.6. The van der Waals surface area contributed by atoms with E-state index in [1.165, 1.54) is 0 Å². The minimum absolute atomic E-state index is 0.0298. The summed E-state index contributed by atoms with van der Waals surface area (Å²) in [6.07, 6.45) is 0. The van der Waals surface area contributed by atoms with Crippen molar-refractivity contribution >= 4 is 0 Å². The molecule has 0 atom stereocenters. The van der Waals surface area contributed by atoms with E-state index in [0.29, 0.717) is 0 Å². The van der Waals surface area contributed by atoms with Gasteiger partial charge in [-0.15, -0.1) is 4.70 Å². The predicted octanol–water partition coefficient (Wildman–Crippen LogP) is 2.68. The summed E-state index contributed by atoms with van der Waals surface area (Å²) in [6.45, 7) is 12.8. The van der Waals surface area contributed by atoms with Gasteiger partial charge in [0, 0.05) is 20.8 Å². The molecule has 11 heavy (non-hydrogen) atoms. The third kappa shape index (κ3) is 4.93. The second kappa shape index (κ2) is 2.92. The summed E-state index contributed by atoms with van der Waals surface area (Å²) in [6, 6.07) is 0. The Labute approximate surface area is 70.3 Å². The molecule has 0 aromatic rings. The van der Waals surface area contributed by atoms with E-state index in [4.69, 9.17) is 0 Å². The summed E-state index contributed by atoms with van der Waals surface area (Å²) in [7, 11) is 2.02. The Morgan fingerprint density at radius 2 is 1.27 bits per heavy atom. The molecule has 2 nitrogen and oxygen atoms in total. The highest BCUT2D eigenvalue weighted by Gasteiger charge is 2.24. The first-order chi connectivity index (χ1) is 4.63. The Balaban J connectivity index is 4.49. The van der Waals surface area contributed by atoms with Crippen molar-refractivity contribution in [2.45, 2.75) is 52.6 Å². The molecule has 0 amide bonds. The van der Waals surface area contributed by atoms with Gasteiger partial charge in [-0.25, -0.2) is 0 Å². The van der Waals surface area contributed by atoms with Crippen LogP contribution >= 0.6 is 0 Å². The van der Waals surface area contributed by atoms with Crippen molar-refractivity contribution in [1.82, 2.24) is 0 Å². The molecule has 0 N–H and O–H groups in total. The molecule has 0 aliphatic rings. The molecule has 0 rings (SSSR count). The molecule has 0 aromatic heterocycles. The number of hydrogen-bond acceptors (Lipinski definition) is 1. The second-order valence-corrected chi connectivity index (χ2v) is 4.97. The van der Waals surface area contributed by atoms with Crippen LogP contribution < -0.4 is 0 Å². The predicted molar refractivity (Wildman–Crippen MR) is 48.1 cm³/mol. The van der Waals surface area contributed by atoms with Gasteiger partial charge in [-0.3, -0.25) is 0 Å². The molecule has 2 heteroatoms. The maximum atomic E-state index is 4.51.